The van der Waals surface area contributed by atoms with Crippen LogP contribution in [0.5, 0.6) is 0 Å². The zero-order valence-electron chi connectivity index (χ0n) is 7.03. The fraction of sp³-hybridized carbons (Fsp3) is 0.500. The van der Waals surface area contributed by atoms with Crippen molar-refractivity contribution in [2.75, 3.05) is 0 Å². The Kier molecular flexibility index (Phi) is 3.32. The summed E-state index contributed by atoms with van der Waals surface area (Å²) in [6.07, 6.45) is 8.64. The highest BCUT2D eigenvalue weighted by atomic mass is 15.3. The van der Waals surface area contributed by atoms with Crippen molar-refractivity contribution < 1.29 is 0 Å². The Labute approximate surface area is 72.0 Å². The fourth-order valence-corrected chi connectivity index (χ4v) is 1.15. The number of allylic oxidation sites excluding steroid dienone is 2. The van der Waals surface area contributed by atoms with E-state index < -0.39 is 0 Å². The molecule has 0 unspecified atom stereocenters. The molecule has 0 fully saturated rings. The zero-order chi connectivity index (χ0) is 8.81. The molecule has 4 N–H and O–H groups in total. The second-order valence-electron chi connectivity index (χ2n) is 2.79. The maximum atomic E-state index is 5.10. The molecule has 1 aliphatic carbocycles. The lowest BCUT2D eigenvalue weighted by Crippen LogP contribution is -2.21. The van der Waals surface area contributed by atoms with Gasteiger partial charge in [-0.05, 0) is 31.3 Å². The highest BCUT2D eigenvalue weighted by molar-refractivity contribution is 5.80. The Morgan fingerprint density at radius 1 is 1.42 bits per heavy atom. The molecule has 0 saturated heterocycles. The van der Waals surface area contributed by atoms with E-state index in [1.807, 2.05) is 0 Å². The van der Waals surface area contributed by atoms with Crippen molar-refractivity contribution in [1.29, 1.82) is 0 Å². The second-order valence-corrected chi connectivity index (χ2v) is 2.79. The van der Waals surface area contributed by atoms with Crippen molar-refractivity contribution in [2.45, 2.75) is 25.7 Å². The van der Waals surface area contributed by atoms with Crippen LogP contribution in [0.3, 0.4) is 0 Å². The number of rotatable bonds is 2. The van der Waals surface area contributed by atoms with Crippen molar-refractivity contribution in [3.63, 3.8) is 0 Å². The van der Waals surface area contributed by atoms with Gasteiger partial charge in [0.15, 0.2) is 0 Å². The summed E-state index contributed by atoms with van der Waals surface area (Å²) in [5.74, 6) is 0.00246. The van der Waals surface area contributed by atoms with E-state index in [-0.39, 0.29) is 5.96 Å². The van der Waals surface area contributed by atoms with E-state index in [2.05, 4.69) is 16.3 Å². The number of guanidine groups is 1. The highest BCUT2D eigenvalue weighted by Crippen LogP contribution is 2.15. The van der Waals surface area contributed by atoms with Gasteiger partial charge in [0, 0.05) is 0 Å². The van der Waals surface area contributed by atoms with E-state index in [9.17, 15) is 0 Å². The first-order valence-electron chi connectivity index (χ1n) is 4.10. The first-order chi connectivity index (χ1) is 5.79. The Hall–Kier alpha value is -1.32. The Balaban J connectivity index is 2.44. The van der Waals surface area contributed by atoms with Crippen molar-refractivity contribution in [3.05, 3.63) is 11.6 Å². The molecular formula is C8H14N4. The summed E-state index contributed by atoms with van der Waals surface area (Å²) in [4.78, 5) is 0. The lowest BCUT2D eigenvalue weighted by atomic mass is 10.0. The van der Waals surface area contributed by atoms with E-state index >= 15 is 0 Å². The minimum Gasteiger partial charge on any atom is -0.369 e. The molecule has 0 heterocycles. The molecular weight excluding hydrogens is 152 g/mol. The molecule has 0 amide bonds. The predicted molar refractivity (Wildman–Crippen MR) is 50.9 cm³/mol. The molecule has 0 radical (unpaired) electrons. The standard InChI is InChI=1S/C8H14N4/c9-8(10)12-11-6-7-4-2-1-3-5-7/h4,6H,1-3,5H2,(H4,9,10,12)/b11-6+. The van der Waals surface area contributed by atoms with E-state index in [4.69, 9.17) is 11.5 Å². The van der Waals surface area contributed by atoms with Gasteiger partial charge < -0.3 is 11.5 Å². The maximum Gasteiger partial charge on any atom is 0.211 e. The smallest absolute Gasteiger partial charge is 0.211 e. The van der Waals surface area contributed by atoms with Crippen molar-refractivity contribution in [1.82, 2.24) is 0 Å². The lowest BCUT2D eigenvalue weighted by Gasteiger charge is -2.06. The third-order valence-corrected chi connectivity index (χ3v) is 1.72. The van der Waals surface area contributed by atoms with Gasteiger partial charge in [-0.25, -0.2) is 0 Å². The van der Waals surface area contributed by atoms with E-state index in [1.54, 1.807) is 6.21 Å². The molecule has 4 heteroatoms. The average molecular weight is 166 g/mol. The molecule has 0 aromatic rings. The van der Waals surface area contributed by atoms with Crippen LogP contribution in [-0.4, -0.2) is 12.2 Å². The van der Waals surface area contributed by atoms with Gasteiger partial charge in [0.25, 0.3) is 0 Å². The quantitative estimate of drug-likeness (QED) is 0.360. The summed E-state index contributed by atoms with van der Waals surface area (Å²) in [5, 5.41) is 7.26. The molecule has 0 spiro atoms. The van der Waals surface area contributed by atoms with Gasteiger partial charge in [0.05, 0.1) is 6.21 Å². The minimum absolute atomic E-state index is 0.00246. The molecule has 1 aliphatic rings. The number of hydrogen-bond acceptors (Lipinski definition) is 2. The Morgan fingerprint density at radius 3 is 2.83 bits per heavy atom. The van der Waals surface area contributed by atoms with Crippen LogP contribution in [-0.2, 0) is 0 Å². The topological polar surface area (TPSA) is 76.8 Å². The molecule has 0 aromatic carbocycles. The zero-order valence-corrected chi connectivity index (χ0v) is 7.03. The molecule has 0 saturated carbocycles. The van der Waals surface area contributed by atoms with Crippen LogP contribution >= 0.6 is 0 Å². The molecule has 66 valence electrons. The summed E-state index contributed by atoms with van der Waals surface area (Å²) in [6, 6.07) is 0. The van der Waals surface area contributed by atoms with Crippen LogP contribution < -0.4 is 11.5 Å². The molecule has 12 heavy (non-hydrogen) atoms. The number of nitrogens with zero attached hydrogens (tertiary/aromatic N) is 2. The highest BCUT2D eigenvalue weighted by Gasteiger charge is 1.99. The van der Waals surface area contributed by atoms with Gasteiger partial charge in [-0.1, -0.05) is 6.08 Å². The summed E-state index contributed by atoms with van der Waals surface area (Å²) >= 11 is 0. The maximum absolute atomic E-state index is 5.10. The van der Waals surface area contributed by atoms with Crippen LogP contribution in [0.2, 0.25) is 0 Å². The SMILES string of the molecule is NC(N)=N/N=C/C1=CCCCC1. The van der Waals surface area contributed by atoms with E-state index in [0.717, 1.165) is 12.8 Å². The van der Waals surface area contributed by atoms with Crippen molar-refractivity contribution >= 4 is 12.2 Å². The van der Waals surface area contributed by atoms with Crippen molar-refractivity contribution in [2.24, 2.45) is 21.7 Å². The largest absolute Gasteiger partial charge is 0.369 e. The average Bonchev–Trinajstić information content (AvgIpc) is 2.05. The van der Waals surface area contributed by atoms with Crippen LogP contribution in [0, 0.1) is 0 Å². The van der Waals surface area contributed by atoms with Crippen LogP contribution in [0.25, 0.3) is 0 Å². The van der Waals surface area contributed by atoms with Gasteiger partial charge in [-0.15, -0.1) is 5.10 Å². The van der Waals surface area contributed by atoms with Gasteiger partial charge in [0.2, 0.25) is 5.96 Å². The molecule has 1 rings (SSSR count). The summed E-state index contributed by atoms with van der Waals surface area (Å²) in [7, 11) is 0. The van der Waals surface area contributed by atoms with Crippen LogP contribution in [0.4, 0.5) is 0 Å². The van der Waals surface area contributed by atoms with Gasteiger partial charge >= 0.3 is 0 Å². The molecule has 4 nitrogen and oxygen atoms in total. The summed E-state index contributed by atoms with van der Waals surface area (Å²) in [5.41, 5.74) is 11.4. The second kappa shape index (κ2) is 4.54. The lowest BCUT2D eigenvalue weighted by molar-refractivity contribution is 0.718. The third-order valence-electron chi connectivity index (χ3n) is 1.72. The van der Waals surface area contributed by atoms with Gasteiger partial charge in [0.1, 0.15) is 0 Å². The normalized spacial score (nSPS) is 17.5. The van der Waals surface area contributed by atoms with Crippen LogP contribution in [0.1, 0.15) is 25.7 Å². The predicted octanol–water partition coefficient (Wildman–Crippen LogP) is 0.746. The van der Waals surface area contributed by atoms with E-state index in [1.165, 1.54) is 18.4 Å². The van der Waals surface area contributed by atoms with Gasteiger partial charge in [-0.3, -0.25) is 0 Å². The summed E-state index contributed by atoms with van der Waals surface area (Å²) < 4.78 is 0. The first kappa shape index (κ1) is 8.77. The van der Waals surface area contributed by atoms with Gasteiger partial charge in [-0.2, -0.15) is 5.10 Å². The first-order valence-corrected chi connectivity index (χ1v) is 4.10. The number of hydrogen-bond donors (Lipinski definition) is 2. The Morgan fingerprint density at radius 2 is 2.25 bits per heavy atom. The molecule has 0 aliphatic heterocycles. The minimum atomic E-state index is 0.00246. The number of nitrogens with two attached hydrogens (primary N) is 2. The fourth-order valence-electron chi connectivity index (χ4n) is 1.15. The Bertz CT molecular complexity index is 223. The molecule has 0 aromatic heterocycles. The third kappa shape index (κ3) is 3.18. The van der Waals surface area contributed by atoms with Crippen LogP contribution in [0.15, 0.2) is 21.9 Å². The monoisotopic (exact) mass is 166 g/mol. The van der Waals surface area contributed by atoms with Crippen molar-refractivity contribution in [3.8, 4) is 0 Å². The molecule has 0 atom stereocenters. The summed E-state index contributed by atoms with van der Waals surface area (Å²) in [6.45, 7) is 0. The molecule has 0 bridgehead atoms. The van der Waals surface area contributed by atoms with E-state index in [0.29, 0.717) is 0 Å².